The highest BCUT2D eigenvalue weighted by Gasteiger charge is 2.31. The van der Waals surface area contributed by atoms with Crippen LogP contribution < -0.4 is 14.5 Å². The highest BCUT2D eigenvalue weighted by atomic mass is 16.5. The van der Waals surface area contributed by atoms with E-state index in [1.54, 1.807) is 0 Å². The molecule has 0 bridgehead atoms. The van der Waals surface area contributed by atoms with Crippen LogP contribution in [0.15, 0.2) is 237 Å². The third-order valence-electron chi connectivity index (χ3n) is 13.4. The Morgan fingerprint density at radius 1 is 0.420 bits per heavy atom. The largest absolute Gasteiger partial charge is 0.457 e. The first kappa shape index (κ1) is 41.7. The summed E-state index contributed by atoms with van der Waals surface area (Å²) >= 11 is 0. The number of benzene rings is 9. The van der Waals surface area contributed by atoms with Gasteiger partial charge in [-0.3, -0.25) is 4.57 Å². The van der Waals surface area contributed by atoms with E-state index in [1.807, 2.05) is 12.3 Å². The lowest BCUT2D eigenvalue weighted by atomic mass is 9.82. The lowest BCUT2D eigenvalue weighted by Crippen LogP contribution is -2.24. The van der Waals surface area contributed by atoms with E-state index < -0.39 is 0 Å². The predicted octanol–water partition coefficient (Wildman–Crippen LogP) is 17.2. The van der Waals surface area contributed by atoms with E-state index in [0.717, 1.165) is 67.3 Å². The lowest BCUT2D eigenvalue weighted by Gasteiger charge is -2.27. The van der Waals surface area contributed by atoms with E-state index in [-0.39, 0.29) is 5.41 Å². The van der Waals surface area contributed by atoms with Crippen molar-refractivity contribution in [1.29, 1.82) is 0 Å². The van der Waals surface area contributed by atoms with Gasteiger partial charge in [0.2, 0.25) is 0 Å². The molecule has 0 aliphatic carbocycles. The summed E-state index contributed by atoms with van der Waals surface area (Å²) < 4.78 is 9.21. The van der Waals surface area contributed by atoms with Crippen molar-refractivity contribution in [3.8, 4) is 61.8 Å². The van der Waals surface area contributed by atoms with E-state index in [4.69, 9.17) is 9.72 Å². The summed E-state index contributed by atoms with van der Waals surface area (Å²) in [6.45, 7) is 7.46. The normalized spacial score (nSPS) is 12.4. The van der Waals surface area contributed by atoms with Gasteiger partial charge in [0.05, 0.1) is 28.1 Å². The van der Waals surface area contributed by atoms with Gasteiger partial charge in [-0.25, -0.2) is 4.98 Å². The van der Waals surface area contributed by atoms with E-state index in [2.05, 4.69) is 260 Å². The van der Waals surface area contributed by atoms with Crippen molar-refractivity contribution in [2.24, 2.45) is 0 Å². The second-order valence-electron chi connectivity index (χ2n) is 18.8. The average Bonchev–Trinajstić information content (AvgIpc) is 3.94. The van der Waals surface area contributed by atoms with Crippen LogP contribution in [-0.2, 0) is 5.41 Å². The second kappa shape index (κ2) is 17.2. The molecule has 0 saturated carbocycles. The molecule has 5 nitrogen and oxygen atoms in total. The molecule has 1 aliphatic rings. The molecule has 0 N–H and O–H groups in total. The molecule has 2 aromatic heterocycles. The summed E-state index contributed by atoms with van der Waals surface area (Å²) in [6, 6.07) is 82.0. The van der Waals surface area contributed by atoms with Crippen LogP contribution in [0.25, 0.3) is 72.1 Å². The minimum Gasteiger partial charge on any atom is -0.457 e. The van der Waals surface area contributed by atoms with Crippen molar-refractivity contribution in [3.05, 3.63) is 242 Å². The maximum Gasteiger partial charge on any atom is 0.137 e. The average molecular weight is 891 g/mol. The Hall–Kier alpha value is -8.67. The Balaban J connectivity index is 0.945. The fourth-order valence-electron chi connectivity index (χ4n) is 10.2. The summed E-state index contributed by atoms with van der Waals surface area (Å²) in [4.78, 5) is 10.1. The van der Waals surface area contributed by atoms with Gasteiger partial charge in [0.15, 0.2) is 0 Å². The van der Waals surface area contributed by atoms with Gasteiger partial charge < -0.3 is 14.5 Å². The van der Waals surface area contributed by atoms with Crippen LogP contribution in [0.1, 0.15) is 26.3 Å². The Labute approximate surface area is 403 Å². The summed E-state index contributed by atoms with van der Waals surface area (Å²) in [5.74, 6) is 2.37. The zero-order chi connectivity index (χ0) is 46.5. The van der Waals surface area contributed by atoms with Crippen LogP contribution in [-0.4, -0.2) is 16.2 Å². The van der Waals surface area contributed by atoms with Gasteiger partial charge >= 0.3 is 0 Å². The molecule has 0 amide bonds. The van der Waals surface area contributed by atoms with Crippen molar-refractivity contribution < 1.29 is 4.74 Å². The van der Waals surface area contributed by atoms with Crippen molar-refractivity contribution in [2.45, 2.75) is 26.2 Å². The highest BCUT2D eigenvalue weighted by Crippen LogP contribution is 2.50. The zero-order valence-electron chi connectivity index (χ0n) is 38.9. The third-order valence-corrected chi connectivity index (χ3v) is 13.4. The lowest BCUT2D eigenvalue weighted by molar-refractivity contribution is 0.483. The number of rotatable bonds is 9. The van der Waals surface area contributed by atoms with Gasteiger partial charge in [0.1, 0.15) is 24.0 Å². The summed E-state index contributed by atoms with van der Waals surface area (Å²) in [7, 11) is 0. The SMILES string of the molecule is CC(C)(C)c1cc(-n2c3ccc(-c4ccccc4)cc3c3ccc(Oc4cccc(N5CN(c6c(-c7ccccc7)cccc6-c6ccccc6)c6ccccc65)c4)cc32)ncc1-c1ccccc1. The van der Waals surface area contributed by atoms with Crippen LogP contribution in [0.4, 0.5) is 22.7 Å². The number of nitrogens with zero attached hydrogens (tertiary/aromatic N) is 4. The summed E-state index contributed by atoms with van der Waals surface area (Å²) in [6.07, 6.45) is 2.05. The molecule has 0 spiro atoms. The fourth-order valence-corrected chi connectivity index (χ4v) is 10.2. The molecule has 11 aromatic rings. The first-order chi connectivity index (χ1) is 33.9. The fraction of sp³-hybridized carbons (Fsp3) is 0.0781. The molecule has 12 rings (SSSR count). The quantitative estimate of drug-likeness (QED) is 0.145. The molecule has 0 fully saturated rings. The van der Waals surface area contributed by atoms with Crippen molar-refractivity contribution >= 4 is 44.6 Å². The molecular formula is C64H50N4O. The standard InChI is InChI=1S/C64H50N4O/c1-64(2,3)57-41-62(65-42-56(57)47-26-14-7-15-27-47)68-58-37-34-48(44-20-8-4-9-21-44)38-55(58)54-36-35-51(40-61(54)68)69-50-29-18-28-49(39-50)66-43-67(60-33-17-16-32-59(60)66)63-52(45-22-10-5-11-23-45)30-19-31-53(63)46-24-12-6-13-25-46/h4-42H,43H2,1-3H3. The van der Waals surface area contributed by atoms with Gasteiger partial charge in [-0.15, -0.1) is 0 Å². The van der Waals surface area contributed by atoms with Crippen LogP contribution in [0.3, 0.4) is 0 Å². The first-order valence-corrected chi connectivity index (χ1v) is 23.7. The number of aromatic nitrogens is 2. The summed E-state index contributed by atoms with van der Waals surface area (Å²) in [5, 5.41) is 2.29. The number of anilines is 4. The molecule has 0 saturated heterocycles. The Morgan fingerprint density at radius 3 is 1.62 bits per heavy atom. The Morgan fingerprint density at radius 2 is 0.986 bits per heavy atom. The van der Waals surface area contributed by atoms with Crippen LogP contribution in [0, 0.1) is 0 Å². The minimum atomic E-state index is -0.135. The van der Waals surface area contributed by atoms with E-state index in [9.17, 15) is 0 Å². The molecule has 9 aromatic carbocycles. The number of hydrogen-bond donors (Lipinski definition) is 0. The molecule has 0 radical (unpaired) electrons. The van der Waals surface area contributed by atoms with Crippen LogP contribution >= 0.6 is 0 Å². The Kier molecular flexibility index (Phi) is 10.4. The molecule has 5 heteroatoms. The number of ether oxygens (including phenoxy) is 1. The second-order valence-corrected chi connectivity index (χ2v) is 18.8. The van der Waals surface area contributed by atoms with E-state index >= 15 is 0 Å². The zero-order valence-corrected chi connectivity index (χ0v) is 38.9. The first-order valence-electron chi connectivity index (χ1n) is 23.7. The third kappa shape index (κ3) is 7.68. The van der Waals surface area contributed by atoms with Crippen molar-refractivity contribution in [1.82, 2.24) is 9.55 Å². The minimum absolute atomic E-state index is 0.135. The molecule has 3 heterocycles. The maximum absolute atomic E-state index is 6.90. The topological polar surface area (TPSA) is 33.5 Å². The van der Waals surface area contributed by atoms with Crippen LogP contribution in [0.5, 0.6) is 11.5 Å². The molecule has 1 aliphatic heterocycles. The molecule has 332 valence electrons. The molecule has 69 heavy (non-hydrogen) atoms. The monoisotopic (exact) mass is 890 g/mol. The van der Waals surface area contributed by atoms with Crippen molar-refractivity contribution in [3.63, 3.8) is 0 Å². The van der Waals surface area contributed by atoms with Gasteiger partial charge in [0.25, 0.3) is 0 Å². The van der Waals surface area contributed by atoms with Crippen LogP contribution in [0.2, 0.25) is 0 Å². The Bertz CT molecular complexity index is 3600. The van der Waals surface area contributed by atoms with Gasteiger partial charge in [0, 0.05) is 51.5 Å². The number of para-hydroxylation sites is 3. The molecule has 0 unspecified atom stereocenters. The van der Waals surface area contributed by atoms with E-state index in [0.29, 0.717) is 6.67 Å². The number of hydrogen-bond acceptors (Lipinski definition) is 4. The van der Waals surface area contributed by atoms with Gasteiger partial charge in [-0.2, -0.15) is 0 Å². The van der Waals surface area contributed by atoms with E-state index in [1.165, 1.54) is 44.6 Å². The van der Waals surface area contributed by atoms with Gasteiger partial charge in [-0.1, -0.05) is 185 Å². The molecular weight excluding hydrogens is 841 g/mol. The summed E-state index contributed by atoms with van der Waals surface area (Å²) in [5.41, 5.74) is 17.1. The predicted molar refractivity (Wildman–Crippen MR) is 288 cm³/mol. The number of fused-ring (bicyclic) bond motifs is 4. The maximum atomic E-state index is 6.90. The van der Waals surface area contributed by atoms with Crippen molar-refractivity contribution in [2.75, 3.05) is 16.5 Å². The smallest absolute Gasteiger partial charge is 0.137 e. The van der Waals surface area contributed by atoms with Gasteiger partial charge in [-0.05, 0) is 93.4 Å². The molecule has 0 atom stereocenters. The highest BCUT2D eigenvalue weighted by molar-refractivity contribution is 6.11. The number of pyridine rings is 1.